The standard InChI is InChI=1S/C18H25NO4S/c1-2-11-23-15-6-3-14(4-7-15)5-8-16(20)19-18(17(21)22)9-12-24-13-10-18/h3-4,6-7H,2,5,8-13H2,1H3,(H,19,20)(H,21,22). The van der Waals surface area contributed by atoms with Gasteiger partial charge in [0.15, 0.2) is 0 Å². The van der Waals surface area contributed by atoms with E-state index in [9.17, 15) is 14.7 Å². The van der Waals surface area contributed by atoms with Crippen molar-refractivity contribution < 1.29 is 19.4 Å². The molecule has 1 aromatic rings. The monoisotopic (exact) mass is 351 g/mol. The van der Waals surface area contributed by atoms with Crippen molar-refractivity contribution in [2.24, 2.45) is 0 Å². The molecule has 0 aliphatic carbocycles. The molecule has 1 aliphatic heterocycles. The number of carboxylic acids is 1. The predicted molar refractivity (Wildman–Crippen MR) is 95.6 cm³/mol. The van der Waals surface area contributed by atoms with Crippen LogP contribution in [0, 0.1) is 0 Å². The van der Waals surface area contributed by atoms with Crippen LogP contribution in [0.1, 0.15) is 38.2 Å². The Morgan fingerprint density at radius 2 is 1.92 bits per heavy atom. The Balaban J connectivity index is 1.84. The molecule has 2 N–H and O–H groups in total. The lowest BCUT2D eigenvalue weighted by Gasteiger charge is -2.33. The Kier molecular flexibility index (Phi) is 6.97. The van der Waals surface area contributed by atoms with Gasteiger partial charge in [0, 0.05) is 6.42 Å². The van der Waals surface area contributed by atoms with E-state index in [4.69, 9.17) is 4.74 Å². The van der Waals surface area contributed by atoms with E-state index in [-0.39, 0.29) is 12.3 Å². The normalized spacial score (nSPS) is 16.4. The summed E-state index contributed by atoms with van der Waals surface area (Å²) in [4.78, 5) is 23.8. The highest BCUT2D eigenvalue weighted by atomic mass is 32.2. The van der Waals surface area contributed by atoms with Crippen LogP contribution in [0.5, 0.6) is 5.75 Å². The van der Waals surface area contributed by atoms with Gasteiger partial charge in [-0.05, 0) is 54.9 Å². The van der Waals surface area contributed by atoms with Gasteiger partial charge in [0.2, 0.25) is 5.91 Å². The topological polar surface area (TPSA) is 75.6 Å². The number of hydrogen-bond acceptors (Lipinski definition) is 4. The Morgan fingerprint density at radius 1 is 1.25 bits per heavy atom. The van der Waals surface area contributed by atoms with Gasteiger partial charge in [-0.3, -0.25) is 4.79 Å². The third-order valence-corrected chi connectivity index (χ3v) is 5.16. The predicted octanol–water partition coefficient (Wildman–Crippen LogP) is 2.87. The van der Waals surface area contributed by atoms with Crippen LogP contribution in [0.4, 0.5) is 0 Å². The highest BCUT2D eigenvalue weighted by Crippen LogP contribution is 2.27. The van der Waals surface area contributed by atoms with Gasteiger partial charge in [-0.15, -0.1) is 0 Å². The van der Waals surface area contributed by atoms with Gasteiger partial charge in [0.05, 0.1) is 6.61 Å². The lowest BCUT2D eigenvalue weighted by molar-refractivity contribution is -0.148. The molecule has 6 heteroatoms. The van der Waals surface area contributed by atoms with Crippen LogP contribution in [0.2, 0.25) is 0 Å². The summed E-state index contributed by atoms with van der Waals surface area (Å²) in [6.45, 7) is 2.75. The number of benzene rings is 1. The first-order valence-corrected chi connectivity index (χ1v) is 9.55. The number of carbonyl (C=O) groups is 2. The van der Waals surface area contributed by atoms with E-state index in [1.165, 1.54) is 0 Å². The molecule has 1 aliphatic rings. The molecule has 0 unspecified atom stereocenters. The molecule has 132 valence electrons. The minimum atomic E-state index is -1.08. The number of aliphatic carboxylic acids is 1. The second kappa shape index (κ2) is 8.97. The summed E-state index contributed by atoms with van der Waals surface area (Å²) in [6.07, 6.45) is 2.82. The van der Waals surface area contributed by atoms with Gasteiger partial charge in [-0.1, -0.05) is 19.1 Å². The number of carboxylic acid groups (broad SMARTS) is 1. The summed E-state index contributed by atoms with van der Waals surface area (Å²) in [5.74, 6) is 1.25. The molecule has 0 bridgehead atoms. The van der Waals surface area contributed by atoms with E-state index in [1.54, 1.807) is 11.8 Å². The molecular formula is C18H25NO4S. The van der Waals surface area contributed by atoms with Crippen LogP contribution < -0.4 is 10.1 Å². The second-order valence-corrected chi connectivity index (χ2v) is 7.26. The molecule has 1 aromatic carbocycles. The maximum absolute atomic E-state index is 12.2. The smallest absolute Gasteiger partial charge is 0.329 e. The van der Waals surface area contributed by atoms with E-state index >= 15 is 0 Å². The first kappa shape index (κ1) is 18.6. The van der Waals surface area contributed by atoms with Crippen LogP contribution >= 0.6 is 11.8 Å². The average molecular weight is 351 g/mol. The molecule has 1 heterocycles. The molecular weight excluding hydrogens is 326 g/mol. The van der Waals surface area contributed by atoms with E-state index in [1.807, 2.05) is 24.3 Å². The van der Waals surface area contributed by atoms with E-state index in [0.29, 0.717) is 25.9 Å². The van der Waals surface area contributed by atoms with Crippen molar-refractivity contribution in [3.8, 4) is 5.75 Å². The zero-order valence-electron chi connectivity index (χ0n) is 14.0. The molecule has 1 saturated heterocycles. The second-order valence-electron chi connectivity index (χ2n) is 6.04. The van der Waals surface area contributed by atoms with Crippen molar-refractivity contribution in [3.05, 3.63) is 29.8 Å². The molecule has 1 fully saturated rings. The van der Waals surface area contributed by atoms with Crippen molar-refractivity contribution in [2.75, 3.05) is 18.1 Å². The molecule has 24 heavy (non-hydrogen) atoms. The fraction of sp³-hybridized carbons (Fsp3) is 0.556. The Labute approximate surface area is 147 Å². The van der Waals surface area contributed by atoms with Crippen LogP contribution in [0.15, 0.2) is 24.3 Å². The first-order chi connectivity index (χ1) is 11.6. The van der Waals surface area contributed by atoms with Crippen molar-refractivity contribution in [3.63, 3.8) is 0 Å². The number of thioether (sulfide) groups is 1. The maximum atomic E-state index is 12.2. The van der Waals surface area contributed by atoms with Crippen LogP contribution in [-0.2, 0) is 16.0 Å². The SMILES string of the molecule is CCCOc1ccc(CCC(=O)NC2(C(=O)O)CCSCC2)cc1. The number of amides is 1. The summed E-state index contributed by atoms with van der Waals surface area (Å²) in [6, 6.07) is 7.70. The van der Waals surface area contributed by atoms with Gasteiger partial charge in [0.1, 0.15) is 11.3 Å². The summed E-state index contributed by atoms with van der Waals surface area (Å²) in [5.41, 5.74) is -0.0437. The van der Waals surface area contributed by atoms with Crippen molar-refractivity contribution in [1.82, 2.24) is 5.32 Å². The lowest BCUT2D eigenvalue weighted by Crippen LogP contribution is -2.56. The Morgan fingerprint density at radius 3 is 2.50 bits per heavy atom. The summed E-state index contributed by atoms with van der Waals surface area (Å²) >= 11 is 1.73. The molecule has 0 aromatic heterocycles. The van der Waals surface area contributed by atoms with Gasteiger partial charge >= 0.3 is 5.97 Å². The van der Waals surface area contributed by atoms with Crippen LogP contribution in [-0.4, -0.2) is 40.6 Å². The van der Waals surface area contributed by atoms with Gasteiger partial charge in [-0.2, -0.15) is 11.8 Å². The van der Waals surface area contributed by atoms with E-state index in [2.05, 4.69) is 12.2 Å². The Hall–Kier alpha value is -1.69. The quantitative estimate of drug-likeness (QED) is 0.753. The molecule has 0 spiro atoms. The average Bonchev–Trinajstić information content (AvgIpc) is 2.59. The molecule has 0 atom stereocenters. The van der Waals surface area contributed by atoms with Gasteiger partial charge in [-0.25, -0.2) is 4.79 Å². The van der Waals surface area contributed by atoms with Crippen molar-refractivity contribution in [2.45, 2.75) is 44.6 Å². The molecule has 1 amide bonds. The lowest BCUT2D eigenvalue weighted by atomic mass is 9.92. The minimum Gasteiger partial charge on any atom is -0.494 e. The highest BCUT2D eigenvalue weighted by molar-refractivity contribution is 7.99. The summed E-state index contributed by atoms with van der Waals surface area (Å²) in [5, 5.41) is 12.3. The Bertz CT molecular complexity index is 553. The number of ether oxygens (including phenoxy) is 1. The molecule has 5 nitrogen and oxygen atoms in total. The zero-order valence-corrected chi connectivity index (χ0v) is 14.9. The third kappa shape index (κ3) is 5.16. The first-order valence-electron chi connectivity index (χ1n) is 8.39. The number of hydrogen-bond donors (Lipinski definition) is 2. The van der Waals surface area contributed by atoms with Crippen molar-refractivity contribution >= 4 is 23.6 Å². The number of aryl methyl sites for hydroxylation is 1. The number of rotatable bonds is 8. The molecule has 2 rings (SSSR count). The van der Waals surface area contributed by atoms with E-state index in [0.717, 1.165) is 29.2 Å². The zero-order chi connectivity index (χ0) is 17.4. The van der Waals surface area contributed by atoms with Crippen molar-refractivity contribution in [1.29, 1.82) is 0 Å². The van der Waals surface area contributed by atoms with Gasteiger partial charge < -0.3 is 15.2 Å². The number of nitrogens with one attached hydrogen (secondary N) is 1. The third-order valence-electron chi connectivity index (χ3n) is 4.17. The fourth-order valence-corrected chi connectivity index (χ4v) is 3.86. The number of carbonyl (C=O) groups excluding carboxylic acids is 1. The maximum Gasteiger partial charge on any atom is 0.329 e. The molecule has 0 saturated carbocycles. The van der Waals surface area contributed by atoms with E-state index < -0.39 is 11.5 Å². The fourth-order valence-electron chi connectivity index (χ4n) is 2.67. The minimum absolute atomic E-state index is 0.199. The van der Waals surface area contributed by atoms with Gasteiger partial charge in [0.25, 0.3) is 0 Å². The summed E-state index contributed by atoms with van der Waals surface area (Å²) < 4.78 is 5.53. The van der Waals surface area contributed by atoms with Crippen LogP contribution in [0.25, 0.3) is 0 Å². The van der Waals surface area contributed by atoms with Crippen LogP contribution in [0.3, 0.4) is 0 Å². The largest absolute Gasteiger partial charge is 0.494 e. The highest BCUT2D eigenvalue weighted by Gasteiger charge is 2.41. The molecule has 0 radical (unpaired) electrons. The summed E-state index contributed by atoms with van der Waals surface area (Å²) in [7, 11) is 0.